The van der Waals surface area contributed by atoms with E-state index in [9.17, 15) is 34.2 Å². The molecule has 1 amide bonds. The molecule has 0 aromatic rings. The average Bonchev–Trinajstić information content (AvgIpc) is 3.28. The van der Waals surface area contributed by atoms with Gasteiger partial charge in [0.1, 0.15) is 24.4 Å². The van der Waals surface area contributed by atoms with E-state index in [-0.39, 0.29) is 60.4 Å². The number of ketones is 3. The number of fused-ring (bicyclic) bond motifs is 3. The Hall–Kier alpha value is -3.40. The van der Waals surface area contributed by atoms with Gasteiger partial charge in [-0.05, 0) is 107 Å². The van der Waals surface area contributed by atoms with E-state index >= 15 is 4.39 Å². The molecule has 366 valence electrons. The standard InChI is InChI=1S/C51H78FNO12/c1-30-16-12-11-13-17-31(2)42(61-8)28-38-21-19-36(7)51(60,65-38)48(57)49(58)53-23-15-14-18-39(53)50(59)64-43(33(4)26-37-20-22-40(54)44(27-37)62-9)29-41(55)32(3)25-34(5)45(52)47(63-10)46(56)35(6)24-30/h11-13,16-17,25,30,33-40,42-45,47,54,60H,14-15,18-24,26-29H2,1-10H3/t30-,33-,34?,35-,36-,37?,38+,39?,40+,42+,43+,44-,45?,47-,51-/m1/s1. The Morgan fingerprint density at radius 1 is 0.892 bits per heavy atom. The molecule has 13 nitrogen and oxygen atoms in total. The van der Waals surface area contributed by atoms with E-state index in [1.54, 1.807) is 41.9 Å². The van der Waals surface area contributed by atoms with Crippen molar-refractivity contribution in [2.75, 3.05) is 27.9 Å². The quantitative estimate of drug-likeness (QED) is 0.204. The number of cyclic esters (lactones) is 1. The molecule has 1 saturated carbocycles. The first-order valence-electron chi connectivity index (χ1n) is 23.9. The van der Waals surface area contributed by atoms with Gasteiger partial charge in [0.15, 0.2) is 11.6 Å². The van der Waals surface area contributed by atoms with Crippen molar-refractivity contribution >= 4 is 29.2 Å². The highest BCUT2D eigenvalue weighted by molar-refractivity contribution is 6.39. The fourth-order valence-corrected chi connectivity index (χ4v) is 10.1. The number of allylic oxidation sites excluding steroid dienone is 7. The number of ether oxygens (including phenoxy) is 5. The van der Waals surface area contributed by atoms with Crippen LogP contribution in [0.4, 0.5) is 4.39 Å². The van der Waals surface area contributed by atoms with Crippen LogP contribution in [0.15, 0.2) is 47.6 Å². The van der Waals surface area contributed by atoms with Crippen LogP contribution in [0.5, 0.6) is 0 Å². The third kappa shape index (κ3) is 14.3. The minimum absolute atomic E-state index is 0.0188. The Balaban J connectivity index is 1.70. The normalized spacial score (nSPS) is 37.8. The summed E-state index contributed by atoms with van der Waals surface area (Å²) in [6, 6.07) is -1.16. The van der Waals surface area contributed by atoms with Gasteiger partial charge in [0.2, 0.25) is 5.79 Å². The molecule has 1 aliphatic carbocycles. The zero-order valence-electron chi connectivity index (χ0n) is 40.5. The number of esters is 1. The van der Waals surface area contributed by atoms with Gasteiger partial charge >= 0.3 is 5.97 Å². The molecular weight excluding hydrogens is 838 g/mol. The van der Waals surface area contributed by atoms with Crippen LogP contribution in [0.3, 0.4) is 0 Å². The summed E-state index contributed by atoms with van der Waals surface area (Å²) in [5.41, 5.74) is 1.10. The zero-order valence-corrected chi connectivity index (χ0v) is 40.5. The number of methoxy groups -OCH3 is 3. The number of hydrogen-bond acceptors (Lipinski definition) is 12. The van der Waals surface area contributed by atoms with Crippen molar-refractivity contribution in [2.45, 2.75) is 180 Å². The SMILES string of the molecule is CO[C@H]1C[C@@H]2CC[C@@H](C)[C@@](O)(O2)C(=O)C(=O)N2CCCCC2C(=O)O[C@H]([C@H](C)CC2CC[C@H](O)[C@H](OC)C2)CC(=O)C(C)=CC(C)C(F)[C@@H](OC)C(=O)[C@H](C)C[C@H](C)C=CC=CC=C1C. The van der Waals surface area contributed by atoms with Gasteiger partial charge in [-0.3, -0.25) is 19.2 Å². The second-order valence-electron chi connectivity index (χ2n) is 19.6. The number of amides is 1. The number of hydrogen-bond donors (Lipinski definition) is 2. The number of alkyl halides is 1. The maximum absolute atomic E-state index is 16.2. The van der Waals surface area contributed by atoms with Crippen LogP contribution in [0.1, 0.15) is 126 Å². The first-order valence-corrected chi connectivity index (χ1v) is 23.9. The maximum Gasteiger partial charge on any atom is 0.329 e. The second-order valence-corrected chi connectivity index (χ2v) is 19.6. The average molecular weight is 916 g/mol. The zero-order chi connectivity index (χ0) is 48.2. The van der Waals surface area contributed by atoms with Crippen LogP contribution >= 0.6 is 0 Å². The molecule has 0 spiro atoms. The minimum Gasteiger partial charge on any atom is -0.460 e. The maximum atomic E-state index is 16.2. The third-order valence-corrected chi connectivity index (χ3v) is 14.4. The molecule has 65 heavy (non-hydrogen) atoms. The minimum atomic E-state index is -2.44. The number of halogens is 1. The second kappa shape index (κ2) is 25.1. The molecule has 2 bridgehead atoms. The lowest BCUT2D eigenvalue weighted by Gasteiger charge is -2.42. The molecule has 15 atom stereocenters. The number of aliphatic hydroxyl groups excluding tert-OH is 1. The molecule has 4 rings (SSSR count). The smallest absolute Gasteiger partial charge is 0.329 e. The molecule has 0 radical (unpaired) electrons. The van der Waals surface area contributed by atoms with Gasteiger partial charge in [0.25, 0.3) is 11.7 Å². The summed E-state index contributed by atoms with van der Waals surface area (Å²) >= 11 is 0. The van der Waals surface area contributed by atoms with Crippen molar-refractivity contribution in [2.24, 2.45) is 35.5 Å². The van der Waals surface area contributed by atoms with E-state index in [4.69, 9.17) is 23.7 Å². The number of rotatable bonds is 6. The predicted octanol–water partition coefficient (Wildman–Crippen LogP) is 7.16. The molecule has 2 N–H and O–H groups in total. The van der Waals surface area contributed by atoms with Gasteiger partial charge in [-0.2, -0.15) is 0 Å². The lowest BCUT2D eigenvalue weighted by Crippen LogP contribution is -2.61. The largest absolute Gasteiger partial charge is 0.460 e. The highest BCUT2D eigenvalue weighted by Gasteiger charge is 2.53. The first kappa shape index (κ1) is 54.2. The highest BCUT2D eigenvalue weighted by Crippen LogP contribution is 2.38. The van der Waals surface area contributed by atoms with Crippen molar-refractivity contribution < 1.29 is 62.3 Å². The van der Waals surface area contributed by atoms with Gasteiger partial charge in [0.05, 0.1) is 24.4 Å². The molecule has 0 aromatic carbocycles. The van der Waals surface area contributed by atoms with E-state index in [1.165, 1.54) is 18.1 Å². The van der Waals surface area contributed by atoms with Gasteiger partial charge in [0, 0.05) is 58.5 Å². The lowest BCUT2D eigenvalue weighted by molar-refractivity contribution is -0.265. The van der Waals surface area contributed by atoms with Gasteiger partial charge in [-0.15, -0.1) is 0 Å². The van der Waals surface area contributed by atoms with E-state index in [1.807, 2.05) is 51.2 Å². The van der Waals surface area contributed by atoms with E-state index in [2.05, 4.69) is 0 Å². The van der Waals surface area contributed by atoms with Crippen LogP contribution < -0.4 is 0 Å². The lowest BCUT2D eigenvalue weighted by atomic mass is 9.78. The molecule has 4 aliphatic rings. The Labute approximate surface area is 386 Å². The fourth-order valence-electron chi connectivity index (χ4n) is 10.1. The van der Waals surface area contributed by atoms with Crippen molar-refractivity contribution in [3.8, 4) is 0 Å². The van der Waals surface area contributed by atoms with Crippen LogP contribution in [0.2, 0.25) is 0 Å². The third-order valence-electron chi connectivity index (χ3n) is 14.4. The Morgan fingerprint density at radius 3 is 2.29 bits per heavy atom. The Morgan fingerprint density at radius 2 is 1.62 bits per heavy atom. The van der Waals surface area contributed by atoms with Crippen LogP contribution in [-0.4, -0.2) is 127 Å². The van der Waals surface area contributed by atoms with Gasteiger partial charge in [-0.1, -0.05) is 71.1 Å². The van der Waals surface area contributed by atoms with Crippen molar-refractivity contribution in [1.82, 2.24) is 4.90 Å². The summed E-state index contributed by atoms with van der Waals surface area (Å²) in [6.45, 7) is 12.4. The molecule has 3 aliphatic heterocycles. The summed E-state index contributed by atoms with van der Waals surface area (Å²) in [7, 11) is 4.43. The van der Waals surface area contributed by atoms with Crippen molar-refractivity contribution in [3.05, 3.63) is 47.6 Å². The van der Waals surface area contributed by atoms with E-state index in [0.717, 1.165) is 5.57 Å². The number of carbonyl (C=O) groups excluding carboxylic acids is 5. The Bertz CT molecular complexity index is 1760. The summed E-state index contributed by atoms with van der Waals surface area (Å²) < 4.78 is 45.4. The van der Waals surface area contributed by atoms with Gasteiger partial charge in [-0.25, -0.2) is 9.18 Å². The summed E-state index contributed by atoms with van der Waals surface area (Å²) in [5.74, 6) is -8.56. The molecule has 14 heteroatoms. The molecule has 3 fully saturated rings. The summed E-state index contributed by atoms with van der Waals surface area (Å²) in [5, 5.41) is 22.4. The van der Waals surface area contributed by atoms with Crippen LogP contribution in [0.25, 0.3) is 0 Å². The number of nitrogens with zero attached hydrogens (tertiary/aromatic N) is 1. The predicted molar refractivity (Wildman–Crippen MR) is 244 cm³/mol. The number of carbonyl (C=O) groups is 5. The molecule has 0 aromatic heterocycles. The van der Waals surface area contributed by atoms with Crippen molar-refractivity contribution in [1.29, 1.82) is 0 Å². The molecule has 3 heterocycles. The van der Waals surface area contributed by atoms with E-state index < -0.39 is 83.9 Å². The molecule has 2 saturated heterocycles. The monoisotopic (exact) mass is 916 g/mol. The summed E-state index contributed by atoms with van der Waals surface area (Å²) in [6.07, 6.45) is 9.99. The van der Waals surface area contributed by atoms with Crippen LogP contribution in [0, 0.1) is 35.5 Å². The van der Waals surface area contributed by atoms with E-state index in [0.29, 0.717) is 64.2 Å². The highest BCUT2D eigenvalue weighted by atomic mass is 19.1. The molecular formula is C51H78FNO12. The molecule has 4 unspecified atom stereocenters. The fraction of sp³-hybridized carbons (Fsp3) is 0.745. The number of aliphatic hydroxyl groups is 2. The number of piperidine rings is 1. The number of Topliss-reactive ketones (excluding diaryl/α,β-unsaturated/α-hetero) is 3. The van der Waals surface area contributed by atoms with Crippen LogP contribution in [-0.2, 0) is 47.7 Å². The Kier molecular flexibility index (Phi) is 20.9. The van der Waals surface area contributed by atoms with Gasteiger partial charge < -0.3 is 38.8 Å². The topological polar surface area (TPSA) is 175 Å². The van der Waals surface area contributed by atoms with Crippen molar-refractivity contribution in [3.63, 3.8) is 0 Å². The summed E-state index contributed by atoms with van der Waals surface area (Å²) in [4.78, 5) is 71.6. The first-order chi connectivity index (χ1) is 30.7.